The van der Waals surface area contributed by atoms with Crippen LogP contribution in [0.4, 0.5) is 11.4 Å². The van der Waals surface area contributed by atoms with Gasteiger partial charge in [-0.05, 0) is 102 Å². The third kappa shape index (κ3) is 4.94. The maximum Gasteiger partial charge on any atom is 0.260 e. The van der Waals surface area contributed by atoms with Crippen molar-refractivity contribution in [1.29, 1.82) is 0 Å². The maximum atomic E-state index is 15.3. The van der Waals surface area contributed by atoms with Gasteiger partial charge in [0.1, 0.15) is 0 Å². The van der Waals surface area contributed by atoms with Crippen LogP contribution in [0.3, 0.4) is 0 Å². The molecule has 4 aromatic carbocycles. The van der Waals surface area contributed by atoms with Gasteiger partial charge in [0.25, 0.3) is 11.8 Å². The van der Waals surface area contributed by atoms with Crippen LogP contribution in [0, 0.1) is 37.5 Å². The molecule has 2 aliphatic heterocycles. The SMILES string of the molecule is COc1cc(C2C3=CCC4C(=O)N(c5ccc(C)c(Cl)c5)C(=O)C4C3CC3C(=O)N(Nc4ccc(C)cc4)C(=O)C32c2ccccc2)cc(Br)c1O. The van der Waals surface area contributed by atoms with Crippen LogP contribution in [-0.4, -0.2) is 40.9 Å². The molecule has 0 radical (unpaired) electrons. The van der Waals surface area contributed by atoms with Crippen molar-refractivity contribution >= 4 is 62.5 Å². The Morgan fingerprint density at radius 2 is 1.63 bits per heavy atom. The second kappa shape index (κ2) is 12.6. The fraction of sp³-hybridized carbons (Fsp3) is 0.268. The number of carbonyl (C=O) groups excluding carboxylic acids is 4. The molecule has 2 N–H and O–H groups in total. The van der Waals surface area contributed by atoms with Crippen LogP contribution in [-0.2, 0) is 24.6 Å². The number of rotatable bonds is 6. The normalized spacial score (nSPS) is 26.6. The molecule has 2 saturated heterocycles. The number of phenolic OH excluding ortho intramolecular Hbond substituents is 1. The molecule has 4 amide bonds. The smallest absolute Gasteiger partial charge is 0.260 e. The number of halogens is 2. The molecule has 1 saturated carbocycles. The number of nitrogens with one attached hydrogen (secondary N) is 1. The van der Waals surface area contributed by atoms with Crippen molar-refractivity contribution in [2.75, 3.05) is 17.4 Å². The summed E-state index contributed by atoms with van der Waals surface area (Å²) in [5, 5.41) is 12.4. The summed E-state index contributed by atoms with van der Waals surface area (Å²) in [6, 6.07) is 25.3. The van der Waals surface area contributed by atoms with Crippen LogP contribution in [0.2, 0.25) is 5.02 Å². The van der Waals surface area contributed by atoms with Gasteiger partial charge >= 0.3 is 0 Å². The highest BCUT2D eigenvalue weighted by Crippen LogP contribution is 2.64. The summed E-state index contributed by atoms with van der Waals surface area (Å²) in [5.41, 5.74) is 6.53. The van der Waals surface area contributed by atoms with Crippen molar-refractivity contribution in [3.63, 3.8) is 0 Å². The highest BCUT2D eigenvalue weighted by molar-refractivity contribution is 9.10. The van der Waals surface area contributed by atoms with Gasteiger partial charge in [0, 0.05) is 10.9 Å². The molecule has 264 valence electrons. The Balaban J connectivity index is 1.33. The number of fused-ring (bicyclic) bond motifs is 4. The molecule has 0 aromatic heterocycles. The Labute approximate surface area is 314 Å². The molecule has 4 aliphatic rings. The van der Waals surface area contributed by atoms with Crippen LogP contribution in [0.1, 0.15) is 41.0 Å². The number of benzene rings is 4. The Hall–Kier alpha value is -4.93. The van der Waals surface area contributed by atoms with Gasteiger partial charge in [-0.15, -0.1) is 0 Å². The second-order valence-electron chi connectivity index (χ2n) is 14.1. The van der Waals surface area contributed by atoms with Gasteiger partial charge in [-0.25, -0.2) is 4.90 Å². The van der Waals surface area contributed by atoms with Gasteiger partial charge < -0.3 is 9.84 Å². The number of imide groups is 2. The zero-order valence-corrected chi connectivity index (χ0v) is 30.9. The van der Waals surface area contributed by atoms with E-state index in [1.165, 1.54) is 12.0 Å². The van der Waals surface area contributed by atoms with Crippen LogP contribution >= 0.6 is 27.5 Å². The Bertz CT molecular complexity index is 2210. The van der Waals surface area contributed by atoms with Crippen LogP contribution < -0.4 is 15.1 Å². The molecule has 0 bridgehead atoms. The number of anilines is 2. The number of amides is 4. The molecule has 11 heteroatoms. The number of nitrogens with zero attached hydrogens (tertiary/aromatic N) is 2. The molecule has 0 spiro atoms. The number of allylic oxidation sites excluding steroid dienone is 2. The molecular formula is C41H35BrClN3O6. The van der Waals surface area contributed by atoms with Crippen molar-refractivity contribution in [2.45, 2.75) is 38.0 Å². The summed E-state index contributed by atoms with van der Waals surface area (Å²) in [6.07, 6.45) is 2.43. The van der Waals surface area contributed by atoms with E-state index in [2.05, 4.69) is 21.4 Å². The Morgan fingerprint density at radius 1 is 0.904 bits per heavy atom. The van der Waals surface area contributed by atoms with Gasteiger partial charge in [0.15, 0.2) is 11.5 Å². The van der Waals surface area contributed by atoms with Gasteiger partial charge in [-0.2, -0.15) is 5.01 Å². The van der Waals surface area contributed by atoms with E-state index in [-0.39, 0.29) is 36.2 Å². The maximum absolute atomic E-state index is 15.3. The van der Waals surface area contributed by atoms with Crippen LogP contribution in [0.5, 0.6) is 11.5 Å². The predicted molar refractivity (Wildman–Crippen MR) is 200 cm³/mol. The quantitative estimate of drug-likeness (QED) is 0.153. The molecule has 9 nitrogen and oxygen atoms in total. The molecule has 8 rings (SSSR count). The Morgan fingerprint density at radius 3 is 2.33 bits per heavy atom. The van der Waals surface area contributed by atoms with Gasteiger partial charge in [0.05, 0.1) is 46.1 Å². The summed E-state index contributed by atoms with van der Waals surface area (Å²) in [7, 11) is 1.45. The molecule has 6 unspecified atom stereocenters. The van der Waals surface area contributed by atoms with E-state index in [0.29, 0.717) is 32.0 Å². The lowest BCUT2D eigenvalue weighted by Crippen LogP contribution is -2.53. The number of hydrogen-bond acceptors (Lipinski definition) is 7. The standard InChI is InChI=1S/C41H35BrClN3O6/c1-21-9-12-25(13-10-21)44-46-38(49)30-20-29-27(15-16-28-34(29)39(50)45(37(28)48)26-14-11-22(2)32(43)19-26)35(23-17-31(42)36(47)33(18-23)52-3)41(30,40(46)51)24-7-5-4-6-8-24/h4-15,17-19,28-30,34-35,44,47H,16,20H2,1-3H3. The predicted octanol–water partition coefficient (Wildman–Crippen LogP) is 7.62. The van der Waals surface area contributed by atoms with E-state index >= 15 is 4.79 Å². The number of hydrazine groups is 1. The summed E-state index contributed by atoms with van der Waals surface area (Å²) in [4.78, 5) is 60.1. The van der Waals surface area contributed by atoms with Crippen LogP contribution in [0.25, 0.3) is 0 Å². The van der Waals surface area contributed by atoms with E-state index in [0.717, 1.165) is 21.7 Å². The summed E-state index contributed by atoms with van der Waals surface area (Å²) >= 11 is 9.95. The highest BCUT2D eigenvalue weighted by atomic mass is 79.9. The number of carbonyl (C=O) groups is 4. The largest absolute Gasteiger partial charge is 0.503 e. The lowest BCUT2D eigenvalue weighted by Gasteiger charge is -2.50. The first-order chi connectivity index (χ1) is 25.0. The van der Waals surface area contributed by atoms with E-state index in [4.69, 9.17) is 16.3 Å². The zero-order chi connectivity index (χ0) is 36.6. The molecular weight excluding hydrogens is 746 g/mol. The average Bonchev–Trinajstić information content (AvgIpc) is 3.52. The lowest BCUT2D eigenvalue weighted by atomic mass is 9.49. The monoisotopic (exact) mass is 779 g/mol. The van der Waals surface area contributed by atoms with Gasteiger partial charge in [-0.1, -0.05) is 77.3 Å². The minimum absolute atomic E-state index is 0.109. The van der Waals surface area contributed by atoms with Crippen molar-refractivity contribution < 1.29 is 29.0 Å². The second-order valence-corrected chi connectivity index (χ2v) is 15.4. The number of hydrogen-bond donors (Lipinski definition) is 2. The molecule has 3 fully saturated rings. The summed E-state index contributed by atoms with van der Waals surface area (Å²) < 4.78 is 5.94. The van der Waals surface area contributed by atoms with E-state index in [1.807, 2.05) is 74.5 Å². The molecule has 52 heavy (non-hydrogen) atoms. The first kappa shape index (κ1) is 34.2. The fourth-order valence-corrected chi connectivity index (χ4v) is 9.65. The van der Waals surface area contributed by atoms with E-state index < -0.39 is 46.8 Å². The highest BCUT2D eigenvalue weighted by Gasteiger charge is 2.70. The fourth-order valence-electron chi connectivity index (χ4n) is 9.01. The topological polar surface area (TPSA) is 116 Å². The number of aromatic hydroxyl groups is 1. The molecule has 2 heterocycles. The third-order valence-electron chi connectivity index (χ3n) is 11.4. The average molecular weight is 781 g/mol. The van der Waals surface area contributed by atoms with Crippen molar-refractivity contribution in [3.05, 3.63) is 128 Å². The first-order valence-electron chi connectivity index (χ1n) is 17.1. The number of phenols is 1. The van der Waals surface area contributed by atoms with Crippen LogP contribution in [0.15, 0.2) is 101 Å². The number of aryl methyl sites for hydroxylation is 2. The number of methoxy groups -OCH3 is 1. The van der Waals surface area contributed by atoms with Gasteiger partial charge in [0.2, 0.25) is 11.8 Å². The minimum atomic E-state index is -1.46. The minimum Gasteiger partial charge on any atom is -0.503 e. The lowest BCUT2D eigenvalue weighted by molar-refractivity contribution is -0.138. The van der Waals surface area contributed by atoms with Crippen molar-refractivity contribution in [1.82, 2.24) is 5.01 Å². The molecule has 6 atom stereocenters. The molecule has 2 aliphatic carbocycles. The zero-order valence-electron chi connectivity index (χ0n) is 28.6. The third-order valence-corrected chi connectivity index (χ3v) is 12.4. The summed E-state index contributed by atoms with van der Waals surface area (Å²) in [6.45, 7) is 3.81. The Kier molecular flexibility index (Phi) is 8.30. The van der Waals surface area contributed by atoms with E-state index in [9.17, 15) is 19.5 Å². The number of ether oxygens (including phenoxy) is 1. The molecule has 4 aromatic rings. The van der Waals surface area contributed by atoms with Crippen molar-refractivity contribution in [3.8, 4) is 11.5 Å². The van der Waals surface area contributed by atoms with E-state index in [1.54, 1.807) is 30.3 Å². The van der Waals surface area contributed by atoms with Gasteiger partial charge in [-0.3, -0.25) is 24.6 Å². The summed E-state index contributed by atoms with van der Waals surface area (Å²) in [5.74, 6) is -5.13. The first-order valence-corrected chi connectivity index (χ1v) is 18.3. The van der Waals surface area contributed by atoms with Crippen molar-refractivity contribution in [2.24, 2.45) is 23.7 Å².